The molecule has 6 atom stereocenters. The van der Waals surface area contributed by atoms with Crippen LogP contribution in [0.5, 0.6) is 0 Å². The molecule has 53 heavy (non-hydrogen) atoms. The van der Waals surface area contributed by atoms with Crippen LogP contribution in [0.25, 0.3) is 0 Å². The highest BCUT2D eigenvalue weighted by Crippen LogP contribution is 2.27. The Balaban J connectivity index is 1.73. The van der Waals surface area contributed by atoms with Crippen molar-refractivity contribution in [3.05, 3.63) is 0 Å². The van der Waals surface area contributed by atoms with Gasteiger partial charge < -0.3 is 47.0 Å². The van der Waals surface area contributed by atoms with Gasteiger partial charge in [0.2, 0.25) is 35.4 Å². The number of aliphatic carboxylic acids is 1. The molecule has 1 aliphatic carbocycles. The lowest BCUT2D eigenvalue weighted by atomic mass is 9.86. The van der Waals surface area contributed by atoms with Gasteiger partial charge in [-0.25, -0.2) is 0 Å². The van der Waals surface area contributed by atoms with Crippen LogP contribution in [-0.2, 0) is 33.6 Å². The lowest BCUT2D eigenvalue weighted by Gasteiger charge is -2.38. The third-order valence-electron chi connectivity index (χ3n) is 10.6. The van der Waals surface area contributed by atoms with Gasteiger partial charge in [-0.05, 0) is 83.6 Å². The number of aliphatic hydroxyl groups excluding tert-OH is 1. The van der Waals surface area contributed by atoms with Gasteiger partial charge in [0.05, 0.1) is 12.5 Å². The Kier molecular flexibility index (Phi) is 18.5. The fourth-order valence-corrected chi connectivity index (χ4v) is 7.65. The minimum atomic E-state index is -1.53. The van der Waals surface area contributed by atoms with Crippen LogP contribution in [0.1, 0.15) is 123 Å². The van der Waals surface area contributed by atoms with Crippen LogP contribution in [0.15, 0.2) is 0 Å². The van der Waals surface area contributed by atoms with Crippen molar-refractivity contribution in [3.8, 4) is 0 Å². The minimum absolute atomic E-state index is 0.114. The molecule has 3 aliphatic rings. The Morgan fingerprint density at radius 3 is 2.00 bits per heavy atom. The first-order valence-electron chi connectivity index (χ1n) is 19.8. The van der Waals surface area contributed by atoms with E-state index in [9.17, 15) is 43.8 Å². The van der Waals surface area contributed by atoms with Gasteiger partial charge in [0.1, 0.15) is 30.2 Å². The molecule has 1 saturated carbocycles. The van der Waals surface area contributed by atoms with E-state index in [1.807, 2.05) is 6.92 Å². The summed E-state index contributed by atoms with van der Waals surface area (Å²) in [5, 5.41) is 30.6. The van der Waals surface area contributed by atoms with Crippen molar-refractivity contribution in [2.24, 2.45) is 11.7 Å². The van der Waals surface area contributed by atoms with Crippen LogP contribution >= 0.6 is 0 Å². The van der Waals surface area contributed by atoms with Crippen molar-refractivity contribution >= 4 is 41.4 Å². The average Bonchev–Trinajstić information content (AvgIpc) is 3.64. The zero-order valence-electron chi connectivity index (χ0n) is 31.6. The summed E-state index contributed by atoms with van der Waals surface area (Å²) < 4.78 is 0. The van der Waals surface area contributed by atoms with Crippen molar-refractivity contribution in [1.29, 1.82) is 0 Å². The first-order chi connectivity index (χ1) is 25.4. The number of nitrogens with zero attached hydrogens (tertiary/aromatic N) is 2. The van der Waals surface area contributed by atoms with Crippen LogP contribution in [0.3, 0.4) is 0 Å². The number of hydrogen-bond donors (Lipinski definition) is 7. The van der Waals surface area contributed by atoms with Gasteiger partial charge >= 0.3 is 5.97 Å². The Hall–Kier alpha value is -3.79. The normalized spacial score (nSPS) is 21.5. The number of nitrogens with two attached hydrogens (primary N) is 1. The number of carbonyl (C=O) groups is 7. The van der Waals surface area contributed by atoms with E-state index in [1.54, 1.807) is 0 Å². The Morgan fingerprint density at radius 1 is 0.774 bits per heavy atom. The van der Waals surface area contributed by atoms with Gasteiger partial charge in [-0.15, -0.1) is 0 Å². The van der Waals surface area contributed by atoms with E-state index in [0.29, 0.717) is 70.4 Å². The van der Waals surface area contributed by atoms with Crippen LogP contribution in [0, 0.1) is 5.92 Å². The second kappa shape index (κ2) is 22.4. The quantitative estimate of drug-likeness (QED) is 0.0859. The van der Waals surface area contributed by atoms with Crippen LogP contribution in [0.2, 0.25) is 0 Å². The number of likely N-dealkylation sites (tertiary alicyclic amines) is 2. The van der Waals surface area contributed by atoms with Crippen molar-refractivity contribution in [1.82, 2.24) is 31.1 Å². The maximum Gasteiger partial charge on any atom is 0.305 e. The molecule has 16 nitrogen and oxygen atoms in total. The van der Waals surface area contributed by atoms with E-state index in [1.165, 1.54) is 36.0 Å². The Morgan fingerprint density at radius 2 is 1.38 bits per heavy atom. The molecule has 2 saturated heterocycles. The largest absolute Gasteiger partial charge is 0.481 e. The zero-order valence-corrected chi connectivity index (χ0v) is 31.6. The molecular weight excluding hydrogens is 686 g/mol. The molecule has 0 spiro atoms. The Bertz CT molecular complexity index is 1260. The first kappa shape index (κ1) is 43.6. The van der Waals surface area contributed by atoms with Gasteiger partial charge in [0.15, 0.2) is 0 Å². The third kappa shape index (κ3) is 13.5. The SMILES string of the molecule is CCCNC(=O)[C@@H](NC(=O)[C@@H]1CCCN1C(=O)[C@H](CC(=O)O)NC(=O)[C@@H]1CCCCN1C(=O)[C@H](CCCCN)NC(=O)CCC1CCCCC1)C(C)O. The molecule has 6 amide bonds. The molecule has 3 rings (SSSR count). The molecule has 0 bridgehead atoms. The summed E-state index contributed by atoms with van der Waals surface area (Å²) in [5.41, 5.74) is 5.71. The summed E-state index contributed by atoms with van der Waals surface area (Å²) in [5.74, 6) is -4.18. The number of unbranched alkanes of at least 4 members (excludes halogenated alkanes) is 1. The number of aliphatic hydroxyl groups is 1. The second-order valence-corrected chi connectivity index (χ2v) is 14.9. The fraction of sp³-hybridized carbons (Fsp3) is 0.811. The fourth-order valence-electron chi connectivity index (χ4n) is 7.65. The van der Waals surface area contributed by atoms with Crippen LogP contribution in [-0.4, -0.2) is 124 Å². The maximum atomic E-state index is 14.1. The lowest BCUT2D eigenvalue weighted by Crippen LogP contribution is -2.61. The number of piperidine rings is 1. The van der Waals surface area contributed by atoms with Gasteiger partial charge in [-0.3, -0.25) is 33.6 Å². The third-order valence-corrected chi connectivity index (χ3v) is 10.6. The van der Waals surface area contributed by atoms with E-state index in [2.05, 4.69) is 21.3 Å². The topological polar surface area (TPSA) is 241 Å². The van der Waals surface area contributed by atoms with E-state index in [0.717, 1.165) is 19.3 Å². The molecular formula is C37H63N7O9. The first-order valence-corrected chi connectivity index (χ1v) is 19.8. The predicted molar refractivity (Wildman–Crippen MR) is 196 cm³/mol. The number of amides is 6. The van der Waals surface area contributed by atoms with Gasteiger partial charge in [-0.1, -0.05) is 39.0 Å². The van der Waals surface area contributed by atoms with Crippen molar-refractivity contribution in [3.63, 3.8) is 0 Å². The van der Waals surface area contributed by atoms with E-state index < -0.39 is 78.2 Å². The maximum absolute atomic E-state index is 14.1. The average molecular weight is 750 g/mol. The number of carboxylic acid groups (broad SMARTS) is 1. The number of hydrogen-bond acceptors (Lipinski definition) is 9. The summed E-state index contributed by atoms with van der Waals surface area (Å²) >= 11 is 0. The second-order valence-electron chi connectivity index (χ2n) is 14.9. The number of rotatable bonds is 20. The Labute approximate surface area is 313 Å². The molecule has 0 aromatic rings. The highest BCUT2D eigenvalue weighted by molar-refractivity contribution is 5.98. The molecule has 0 aromatic carbocycles. The summed E-state index contributed by atoms with van der Waals surface area (Å²) in [4.78, 5) is 95.4. The summed E-state index contributed by atoms with van der Waals surface area (Å²) in [6.45, 7) is 4.36. The van der Waals surface area contributed by atoms with Crippen LogP contribution in [0.4, 0.5) is 0 Å². The summed E-state index contributed by atoms with van der Waals surface area (Å²) in [7, 11) is 0. The number of carbonyl (C=O) groups excluding carboxylic acids is 6. The molecule has 1 unspecified atom stereocenters. The highest BCUT2D eigenvalue weighted by Gasteiger charge is 2.42. The van der Waals surface area contributed by atoms with Crippen molar-refractivity contribution in [2.75, 3.05) is 26.2 Å². The van der Waals surface area contributed by atoms with Crippen molar-refractivity contribution in [2.45, 2.75) is 159 Å². The molecule has 2 heterocycles. The molecule has 0 aromatic heterocycles. The minimum Gasteiger partial charge on any atom is -0.481 e. The molecule has 8 N–H and O–H groups in total. The standard InChI is InChI=1S/C37H63N7O9/c1-3-20-39-35(51)32(24(2)45)42-34(50)29-16-11-22-44(29)37(53)27(23-31(47)48)41-33(49)28-15-8-10-21-43(28)36(52)26(14-7-9-19-38)40-30(46)18-17-25-12-5-4-6-13-25/h24-29,32,45H,3-23,38H2,1-2H3,(H,39,51)(H,40,46)(H,41,49)(H,42,50)(H,47,48)/t24?,26-,27-,28-,29-,32-/m0/s1. The molecule has 16 heteroatoms. The molecule has 3 fully saturated rings. The summed E-state index contributed by atoms with van der Waals surface area (Å²) in [6.07, 6.45) is 9.30. The van der Waals surface area contributed by atoms with E-state index in [4.69, 9.17) is 5.73 Å². The molecule has 0 radical (unpaired) electrons. The van der Waals surface area contributed by atoms with Gasteiger partial charge in [0, 0.05) is 26.1 Å². The molecule has 2 aliphatic heterocycles. The van der Waals surface area contributed by atoms with E-state index in [-0.39, 0.29) is 31.8 Å². The highest BCUT2D eigenvalue weighted by atomic mass is 16.4. The number of carboxylic acids is 1. The van der Waals surface area contributed by atoms with Gasteiger partial charge in [0.25, 0.3) is 0 Å². The number of nitrogens with one attached hydrogen (secondary N) is 4. The smallest absolute Gasteiger partial charge is 0.305 e. The summed E-state index contributed by atoms with van der Waals surface area (Å²) in [6, 6.07) is -5.71. The zero-order chi connectivity index (χ0) is 38.9. The van der Waals surface area contributed by atoms with Crippen LogP contribution < -0.4 is 27.0 Å². The van der Waals surface area contributed by atoms with Crippen molar-refractivity contribution < 1.29 is 43.8 Å². The lowest BCUT2D eigenvalue weighted by molar-refractivity contribution is -0.149. The molecule has 300 valence electrons. The predicted octanol–water partition coefficient (Wildman–Crippen LogP) is 0.684. The van der Waals surface area contributed by atoms with Gasteiger partial charge in [-0.2, -0.15) is 0 Å². The van der Waals surface area contributed by atoms with E-state index >= 15 is 0 Å². The monoisotopic (exact) mass is 749 g/mol.